The molecule has 84 valence electrons. The summed E-state index contributed by atoms with van der Waals surface area (Å²) in [5.74, 6) is -0.173. The van der Waals surface area contributed by atoms with Crippen molar-refractivity contribution < 1.29 is 9.53 Å². The van der Waals surface area contributed by atoms with Crippen LogP contribution in [0, 0.1) is 18.3 Å². The Kier molecular flexibility index (Phi) is 4.33. The second-order valence-corrected chi connectivity index (χ2v) is 3.57. The fourth-order valence-electron chi connectivity index (χ4n) is 1.46. The fourth-order valence-corrected chi connectivity index (χ4v) is 1.61. The molecule has 0 saturated heterocycles. The first kappa shape index (κ1) is 12.5. The topological polar surface area (TPSA) is 50.1 Å². The molecule has 0 aliphatic rings. The van der Waals surface area contributed by atoms with Crippen LogP contribution in [0.15, 0.2) is 12.1 Å². The molecule has 0 aromatic heterocycles. The SMILES string of the molecule is CCOC(=O)c1cc(CCl)cc(C)c1C#N. The maximum atomic E-state index is 11.6. The zero-order valence-corrected chi connectivity index (χ0v) is 9.97. The van der Waals surface area contributed by atoms with Crippen molar-refractivity contribution in [2.45, 2.75) is 19.7 Å². The summed E-state index contributed by atoms with van der Waals surface area (Å²) in [7, 11) is 0. The third-order valence-electron chi connectivity index (χ3n) is 2.16. The molecular weight excluding hydrogens is 226 g/mol. The maximum absolute atomic E-state index is 11.6. The van der Waals surface area contributed by atoms with Gasteiger partial charge in [-0.05, 0) is 31.0 Å². The van der Waals surface area contributed by atoms with Crippen molar-refractivity contribution in [3.8, 4) is 6.07 Å². The van der Waals surface area contributed by atoms with Crippen LogP contribution in [0.2, 0.25) is 0 Å². The number of hydrogen-bond donors (Lipinski definition) is 0. The lowest BCUT2D eigenvalue weighted by molar-refractivity contribution is 0.0526. The van der Waals surface area contributed by atoms with Crippen LogP contribution in [-0.2, 0) is 10.6 Å². The van der Waals surface area contributed by atoms with Crippen LogP contribution in [-0.4, -0.2) is 12.6 Å². The third kappa shape index (κ3) is 2.53. The lowest BCUT2D eigenvalue weighted by atomic mass is 10.00. The van der Waals surface area contributed by atoms with E-state index >= 15 is 0 Å². The average Bonchev–Trinajstić information content (AvgIpc) is 2.28. The summed E-state index contributed by atoms with van der Waals surface area (Å²) >= 11 is 5.71. The minimum atomic E-state index is -0.478. The highest BCUT2D eigenvalue weighted by Crippen LogP contribution is 2.18. The number of nitriles is 1. The predicted molar refractivity (Wildman–Crippen MR) is 61.4 cm³/mol. The lowest BCUT2D eigenvalue weighted by Crippen LogP contribution is -2.08. The Morgan fingerprint density at radius 1 is 1.56 bits per heavy atom. The summed E-state index contributed by atoms with van der Waals surface area (Å²) in [4.78, 5) is 11.6. The lowest BCUT2D eigenvalue weighted by Gasteiger charge is -2.08. The number of carbonyl (C=O) groups is 1. The molecular formula is C12H12ClNO2. The van der Waals surface area contributed by atoms with Gasteiger partial charge in [-0.2, -0.15) is 5.26 Å². The number of carbonyl (C=O) groups excluding carboxylic acids is 1. The zero-order valence-electron chi connectivity index (χ0n) is 9.21. The van der Waals surface area contributed by atoms with E-state index in [-0.39, 0.29) is 6.61 Å². The van der Waals surface area contributed by atoms with Gasteiger partial charge in [-0.15, -0.1) is 11.6 Å². The van der Waals surface area contributed by atoms with Crippen molar-refractivity contribution >= 4 is 17.6 Å². The molecule has 0 bridgehead atoms. The van der Waals surface area contributed by atoms with Gasteiger partial charge in [-0.3, -0.25) is 0 Å². The standard InChI is InChI=1S/C12H12ClNO2/c1-3-16-12(15)10-5-9(6-13)4-8(2)11(10)7-14/h4-5H,3,6H2,1-2H3. The molecule has 0 radical (unpaired) electrons. The van der Waals surface area contributed by atoms with Crippen LogP contribution in [0.4, 0.5) is 0 Å². The number of nitrogens with zero attached hydrogens (tertiary/aromatic N) is 1. The van der Waals surface area contributed by atoms with Gasteiger partial charge < -0.3 is 4.74 Å². The normalized spacial score (nSPS) is 9.62. The van der Waals surface area contributed by atoms with Gasteiger partial charge in [0.2, 0.25) is 0 Å². The van der Waals surface area contributed by atoms with Crippen molar-refractivity contribution in [3.63, 3.8) is 0 Å². The number of ether oxygens (including phenoxy) is 1. The third-order valence-corrected chi connectivity index (χ3v) is 2.47. The first-order valence-electron chi connectivity index (χ1n) is 4.90. The van der Waals surface area contributed by atoms with Gasteiger partial charge in [0, 0.05) is 5.88 Å². The Bertz CT molecular complexity index is 449. The molecule has 0 aliphatic carbocycles. The molecule has 1 aromatic rings. The molecule has 3 nitrogen and oxygen atoms in total. The molecule has 0 N–H and O–H groups in total. The van der Waals surface area contributed by atoms with E-state index < -0.39 is 5.97 Å². The minimum absolute atomic E-state index is 0.286. The second-order valence-electron chi connectivity index (χ2n) is 3.30. The molecule has 16 heavy (non-hydrogen) atoms. The van der Waals surface area contributed by atoms with E-state index in [1.807, 2.05) is 6.07 Å². The molecule has 0 amide bonds. The van der Waals surface area contributed by atoms with Crippen molar-refractivity contribution in [1.29, 1.82) is 5.26 Å². The van der Waals surface area contributed by atoms with Crippen molar-refractivity contribution in [1.82, 2.24) is 0 Å². The van der Waals surface area contributed by atoms with E-state index in [0.29, 0.717) is 17.0 Å². The summed E-state index contributed by atoms with van der Waals surface area (Å²) in [6, 6.07) is 5.42. The summed E-state index contributed by atoms with van der Waals surface area (Å²) in [6.07, 6.45) is 0. The minimum Gasteiger partial charge on any atom is -0.462 e. The Hall–Kier alpha value is -1.53. The number of benzene rings is 1. The second kappa shape index (κ2) is 5.53. The van der Waals surface area contributed by atoms with Gasteiger partial charge in [0.1, 0.15) is 6.07 Å². The number of esters is 1. The molecule has 0 unspecified atom stereocenters. The molecule has 1 aromatic carbocycles. The highest BCUT2D eigenvalue weighted by atomic mass is 35.5. The van der Waals surface area contributed by atoms with Gasteiger partial charge in [0.25, 0.3) is 0 Å². The number of hydrogen-bond acceptors (Lipinski definition) is 3. The summed E-state index contributed by atoms with van der Waals surface area (Å²) in [5.41, 5.74) is 2.19. The van der Waals surface area contributed by atoms with Crippen LogP contribution < -0.4 is 0 Å². The maximum Gasteiger partial charge on any atom is 0.339 e. The molecule has 0 heterocycles. The van der Waals surface area contributed by atoms with Crippen LogP contribution in [0.3, 0.4) is 0 Å². The molecule has 1 rings (SSSR count). The highest BCUT2D eigenvalue weighted by molar-refractivity contribution is 6.17. The number of aryl methyl sites for hydroxylation is 1. The Morgan fingerprint density at radius 2 is 2.25 bits per heavy atom. The molecule has 0 atom stereocenters. The van der Waals surface area contributed by atoms with E-state index in [9.17, 15) is 4.79 Å². The van der Waals surface area contributed by atoms with E-state index in [1.165, 1.54) is 0 Å². The van der Waals surface area contributed by atoms with Crippen LogP contribution >= 0.6 is 11.6 Å². The highest BCUT2D eigenvalue weighted by Gasteiger charge is 2.15. The molecule has 0 fully saturated rings. The van der Waals surface area contributed by atoms with Crippen LogP contribution in [0.1, 0.15) is 34.0 Å². The quantitative estimate of drug-likeness (QED) is 0.600. The summed E-state index contributed by atoms with van der Waals surface area (Å²) in [5, 5.41) is 8.99. The van der Waals surface area contributed by atoms with E-state index in [1.54, 1.807) is 26.0 Å². The molecule has 0 aliphatic heterocycles. The molecule has 0 spiro atoms. The van der Waals surface area contributed by atoms with Gasteiger partial charge in [-0.1, -0.05) is 6.07 Å². The fraction of sp³-hybridized carbons (Fsp3) is 0.333. The summed E-state index contributed by atoms with van der Waals surface area (Å²) < 4.78 is 4.89. The molecule has 0 saturated carbocycles. The summed E-state index contributed by atoms with van der Waals surface area (Å²) in [6.45, 7) is 3.79. The Balaban J connectivity index is 3.29. The number of alkyl halides is 1. The average molecular weight is 238 g/mol. The molecule has 4 heteroatoms. The first-order valence-corrected chi connectivity index (χ1v) is 5.44. The van der Waals surface area contributed by atoms with Crippen LogP contribution in [0.5, 0.6) is 0 Å². The van der Waals surface area contributed by atoms with Gasteiger partial charge in [-0.25, -0.2) is 4.79 Å². The van der Waals surface area contributed by atoms with Gasteiger partial charge in [0.15, 0.2) is 0 Å². The van der Waals surface area contributed by atoms with E-state index in [0.717, 1.165) is 11.1 Å². The Morgan fingerprint density at radius 3 is 2.75 bits per heavy atom. The van der Waals surface area contributed by atoms with Crippen molar-refractivity contribution in [2.24, 2.45) is 0 Å². The number of rotatable bonds is 3. The number of halogens is 1. The van der Waals surface area contributed by atoms with Gasteiger partial charge >= 0.3 is 5.97 Å². The Labute approximate surface area is 99.6 Å². The largest absolute Gasteiger partial charge is 0.462 e. The smallest absolute Gasteiger partial charge is 0.339 e. The van der Waals surface area contributed by atoms with Crippen molar-refractivity contribution in [3.05, 3.63) is 34.4 Å². The van der Waals surface area contributed by atoms with Crippen molar-refractivity contribution in [2.75, 3.05) is 6.61 Å². The first-order chi connectivity index (χ1) is 7.63. The monoisotopic (exact) mass is 237 g/mol. The van der Waals surface area contributed by atoms with Gasteiger partial charge in [0.05, 0.1) is 17.7 Å². The van der Waals surface area contributed by atoms with Crippen LogP contribution in [0.25, 0.3) is 0 Å². The van der Waals surface area contributed by atoms with E-state index in [2.05, 4.69) is 0 Å². The van der Waals surface area contributed by atoms with E-state index in [4.69, 9.17) is 21.6 Å². The zero-order chi connectivity index (χ0) is 12.1. The predicted octanol–water partition coefficient (Wildman–Crippen LogP) is 2.78.